The Hall–Kier alpha value is -2.47. The van der Waals surface area contributed by atoms with Crippen molar-refractivity contribution in [3.63, 3.8) is 0 Å². The third kappa shape index (κ3) is 3.32. The van der Waals surface area contributed by atoms with Gasteiger partial charge in [-0.1, -0.05) is 24.3 Å². The molecule has 1 heterocycles. The fraction of sp³-hybridized carbons (Fsp3) is 0.188. The normalized spacial score (nSPS) is 11.8. The molecule has 0 aliphatic rings. The van der Waals surface area contributed by atoms with Crippen LogP contribution in [0, 0.1) is 0 Å². The van der Waals surface area contributed by atoms with Crippen LogP contribution in [0.4, 0.5) is 10.2 Å². The average Bonchev–Trinajstić information content (AvgIpc) is 2.53. The van der Waals surface area contributed by atoms with Crippen molar-refractivity contribution in [1.82, 2.24) is 9.97 Å². The zero-order chi connectivity index (χ0) is 17.1. The van der Waals surface area contributed by atoms with E-state index in [0.717, 1.165) is 0 Å². The van der Waals surface area contributed by atoms with Gasteiger partial charge in [-0.05, 0) is 25.1 Å². The highest BCUT2D eigenvalue weighted by molar-refractivity contribution is 6.31. The van der Waals surface area contributed by atoms with E-state index >= 15 is 0 Å². The maximum atomic E-state index is 13.6. The second-order valence-corrected chi connectivity index (χ2v) is 5.15. The van der Waals surface area contributed by atoms with E-state index in [1.54, 1.807) is 12.1 Å². The van der Waals surface area contributed by atoms with Gasteiger partial charge in [0.25, 0.3) is 0 Å². The van der Waals surface area contributed by atoms with Gasteiger partial charge in [0.1, 0.15) is 12.0 Å². The van der Waals surface area contributed by atoms with Crippen molar-refractivity contribution in [2.24, 2.45) is 0 Å². The largest absolute Gasteiger partial charge is 0.464 e. The molecule has 0 bridgehead atoms. The highest BCUT2D eigenvalue weighted by atomic mass is 35.5. The summed E-state index contributed by atoms with van der Waals surface area (Å²) in [7, 11) is 1.23. The van der Waals surface area contributed by atoms with E-state index < -0.39 is 12.1 Å². The molecule has 7 heteroatoms. The summed E-state index contributed by atoms with van der Waals surface area (Å²) in [5, 5.41) is 0.299. The topological polar surface area (TPSA) is 78.1 Å². The Labute approximate surface area is 138 Å². The smallest absolute Gasteiger partial charge is 0.357 e. The van der Waals surface area contributed by atoms with E-state index in [2.05, 4.69) is 16.5 Å². The lowest BCUT2D eigenvalue weighted by Gasteiger charge is -2.11. The first-order chi connectivity index (χ1) is 10.9. The van der Waals surface area contributed by atoms with Gasteiger partial charge in [-0.25, -0.2) is 19.2 Å². The van der Waals surface area contributed by atoms with Crippen LogP contribution in [-0.4, -0.2) is 23.0 Å². The number of esters is 1. The van der Waals surface area contributed by atoms with Gasteiger partial charge < -0.3 is 10.5 Å². The molecular weight excluding hydrogens is 321 g/mol. The van der Waals surface area contributed by atoms with Gasteiger partial charge in [0, 0.05) is 21.7 Å². The van der Waals surface area contributed by atoms with Crippen LogP contribution in [0.5, 0.6) is 0 Å². The zero-order valence-corrected chi connectivity index (χ0v) is 13.4. The predicted octanol–water partition coefficient (Wildman–Crippen LogP) is 3.84. The molecule has 0 saturated carbocycles. The van der Waals surface area contributed by atoms with E-state index in [-0.39, 0.29) is 22.9 Å². The van der Waals surface area contributed by atoms with Crippen molar-refractivity contribution >= 4 is 29.5 Å². The first kappa shape index (κ1) is 16.9. The Morgan fingerprint density at radius 1 is 1.48 bits per heavy atom. The monoisotopic (exact) mass is 335 g/mol. The first-order valence-electron chi connectivity index (χ1n) is 6.71. The Morgan fingerprint density at radius 3 is 2.74 bits per heavy atom. The number of hydrogen-bond acceptors (Lipinski definition) is 5. The summed E-state index contributed by atoms with van der Waals surface area (Å²) >= 11 is 5.97. The van der Waals surface area contributed by atoms with Gasteiger partial charge in [0.15, 0.2) is 11.5 Å². The molecule has 2 rings (SSSR count). The molecule has 0 spiro atoms. The number of nitrogens with two attached hydrogens (primary N) is 1. The van der Waals surface area contributed by atoms with Gasteiger partial charge in [0.2, 0.25) is 0 Å². The van der Waals surface area contributed by atoms with E-state index in [4.69, 9.17) is 22.1 Å². The molecule has 0 fully saturated rings. The van der Waals surface area contributed by atoms with Crippen LogP contribution in [0.3, 0.4) is 0 Å². The van der Waals surface area contributed by atoms with Crippen molar-refractivity contribution in [2.45, 2.75) is 13.1 Å². The second kappa shape index (κ2) is 6.75. The number of aromatic nitrogens is 2. The molecule has 5 nitrogen and oxygen atoms in total. The standard InChI is InChI=1S/C16H15ClFN3O2/c1-4-10-13(16(22)23-3)20-15(21-14(10)19)9-5-6-12(17)11(7-9)8(2)18/h4-8H,1H2,2-3H3,(H2,19,20,21). The Balaban J connectivity index is 2.65. The van der Waals surface area contributed by atoms with Crippen molar-refractivity contribution < 1.29 is 13.9 Å². The lowest BCUT2D eigenvalue weighted by Crippen LogP contribution is -2.12. The van der Waals surface area contributed by atoms with Crippen LogP contribution in [0.1, 0.15) is 34.7 Å². The number of alkyl halides is 1. The molecule has 1 atom stereocenters. The van der Waals surface area contributed by atoms with Crippen molar-refractivity contribution in [1.29, 1.82) is 0 Å². The maximum Gasteiger partial charge on any atom is 0.357 e. The maximum absolute atomic E-state index is 13.6. The lowest BCUT2D eigenvalue weighted by atomic mass is 10.1. The minimum absolute atomic E-state index is 0.00482. The molecule has 23 heavy (non-hydrogen) atoms. The van der Waals surface area contributed by atoms with E-state index in [1.165, 1.54) is 26.2 Å². The lowest BCUT2D eigenvalue weighted by molar-refractivity contribution is 0.0594. The minimum atomic E-state index is -1.26. The average molecular weight is 336 g/mol. The third-order valence-electron chi connectivity index (χ3n) is 3.24. The summed E-state index contributed by atoms with van der Waals surface area (Å²) in [6.07, 6.45) is 0.120. The number of halogens is 2. The van der Waals surface area contributed by atoms with Crippen LogP contribution >= 0.6 is 11.6 Å². The van der Waals surface area contributed by atoms with Crippen LogP contribution in [0.2, 0.25) is 5.02 Å². The first-order valence-corrected chi connectivity index (χ1v) is 7.09. The predicted molar refractivity (Wildman–Crippen MR) is 87.8 cm³/mol. The number of rotatable bonds is 4. The molecular formula is C16H15ClFN3O2. The fourth-order valence-electron chi connectivity index (χ4n) is 2.06. The molecule has 1 unspecified atom stereocenters. The molecule has 1 aromatic heterocycles. The summed E-state index contributed by atoms with van der Waals surface area (Å²) in [6, 6.07) is 4.69. The van der Waals surface area contributed by atoms with Crippen LogP contribution in [0.15, 0.2) is 24.8 Å². The van der Waals surface area contributed by atoms with E-state index in [1.807, 2.05) is 0 Å². The Bertz CT molecular complexity index is 778. The molecule has 0 saturated heterocycles. The molecule has 120 valence electrons. The van der Waals surface area contributed by atoms with Gasteiger partial charge >= 0.3 is 5.97 Å². The highest BCUT2D eigenvalue weighted by Crippen LogP contribution is 2.30. The summed E-state index contributed by atoms with van der Waals surface area (Å²) in [5.74, 6) is -0.412. The van der Waals surface area contributed by atoms with E-state index in [0.29, 0.717) is 16.1 Å². The molecule has 0 amide bonds. The number of anilines is 1. The Morgan fingerprint density at radius 2 is 2.17 bits per heavy atom. The number of hydrogen-bond donors (Lipinski definition) is 1. The number of nitrogen functional groups attached to an aromatic ring is 1. The SMILES string of the molecule is C=Cc1c(N)nc(-c2ccc(Cl)c(C(C)F)c2)nc1C(=O)OC. The minimum Gasteiger partial charge on any atom is -0.464 e. The number of benzene rings is 1. The van der Waals surface area contributed by atoms with Gasteiger partial charge in [-0.3, -0.25) is 0 Å². The summed E-state index contributed by atoms with van der Waals surface area (Å²) in [6.45, 7) is 4.96. The number of ether oxygens (including phenoxy) is 1. The van der Waals surface area contributed by atoms with Crippen molar-refractivity contribution in [2.75, 3.05) is 12.8 Å². The molecule has 2 aromatic rings. The quantitative estimate of drug-likeness (QED) is 0.859. The van der Waals surface area contributed by atoms with Crippen molar-refractivity contribution in [3.05, 3.63) is 46.6 Å². The van der Waals surface area contributed by atoms with Crippen molar-refractivity contribution in [3.8, 4) is 11.4 Å². The highest BCUT2D eigenvalue weighted by Gasteiger charge is 2.19. The number of methoxy groups -OCH3 is 1. The molecule has 2 N–H and O–H groups in total. The number of carbonyl (C=O) groups is 1. The fourth-order valence-corrected chi connectivity index (χ4v) is 2.32. The van der Waals surface area contributed by atoms with Gasteiger partial charge in [-0.2, -0.15) is 0 Å². The molecule has 0 aliphatic heterocycles. The molecule has 0 radical (unpaired) electrons. The van der Waals surface area contributed by atoms with E-state index in [9.17, 15) is 9.18 Å². The zero-order valence-electron chi connectivity index (χ0n) is 12.6. The Kier molecular flexibility index (Phi) is 4.95. The van der Waals surface area contributed by atoms with Gasteiger partial charge in [-0.15, -0.1) is 0 Å². The van der Waals surface area contributed by atoms with Gasteiger partial charge in [0.05, 0.1) is 7.11 Å². The van der Waals surface area contributed by atoms with Crippen LogP contribution < -0.4 is 5.73 Å². The molecule has 1 aromatic carbocycles. The van der Waals surface area contributed by atoms with Crippen LogP contribution in [-0.2, 0) is 4.74 Å². The number of carbonyl (C=O) groups excluding carboxylic acids is 1. The molecule has 0 aliphatic carbocycles. The van der Waals surface area contributed by atoms with Crippen LogP contribution in [0.25, 0.3) is 17.5 Å². The summed E-state index contributed by atoms with van der Waals surface area (Å²) < 4.78 is 18.3. The second-order valence-electron chi connectivity index (χ2n) is 4.74. The third-order valence-corrected chi connectivity index (χ3v) is 3.58. The summed E-state index contributed by atoms with van der Waals surface area (Å²) in [5.41, 5.74) is 6.93. The number of nitrogens with zero attached hydrogens (tertiary/aromatic N) is 2. The summed E-state index contributed by atoms with van der Waals surface area (Å²) in [4.78, 5) is 20.2.